The van der Waals surface area contributed by atoms with Crippen molar-refractivity contribution in [2.45, 2.75) is 61.6 Å². The van der Waals surface area contributed by atoms with Gasteiger partial charge in [-0.05, 0) is 37.8 Å². The Labute approximate surface area is 124 Å². The lowest BCUT2D eigenvalue weighted by Gasteiger charge is -2.21. The smallest absolute Gasteiger partial charge is 0.283 e. The molecule has 5 heteroatoms. The molecule has 1 unspecified atom stereocenters. The molecule has 110 valence electrons. The molecule has 0 spiro atoms. The van der Waals surface area contributed by atoms with Gasteiger partial charge >= 0.3 is 0 Å². The van der Waals surface area contributed by atoms with Crippen LogP contribution in [0.15, 0.2) is 23.1 Å². The van der Waals surface area contributed by atoms with Crippen molar-refractivity contribution in [1.29, 1.82) is 0 Å². The van der Waals surface area contributed by atoms with Gasteiger partial charge < -0.3 is 5.73 Å². The van der Waals surface area contributed by atoms with Gasteiger partial charge in [0.05, 0.1) is 9.82 Å². The molecule has 0 bridgehead atoms. The number of thioether (sulfide) groups is 1. The van der Waals surface area contributed by atoms with E-state index in [-0.39, 0.29) is 16.7 Å². The molecule has 0 heterocycles. The maximum absolute atomic E-state index is 11.3. The molecule has 0 aliphatic heterocycles. The Balaban J connectivity index is 2.16. The van der Waals surface area contributed by atoms with Gasteiger partial charge in [-0.3, -0.25) is 10.1 Å². The maximum atomic E-state index is 11.3. The molecule has 20 heavy (non-hydrogen) atoms. The third-order valence-electron chi connectivity index (χ3n) is 3.62. The van der Waals surface area contributed by atoms with Crippen molar-refractivity contribution in [2.24, 2.45) is 5.73 Å². The molecule has 1 atom stereocenters. The third-order valence-corrected chi connectivity index (χ3v) is 5.03. The van der Waals surface area contributed by atoms with Crippen molar-refractivity contribution in [3.05, 3.63) is 33.9 Å². The van der Waals surface area contributed by atoms with E-state index in [4.69, 9.17) is 5.73 Å². The van der Waals surface area contributed by atoms with Crippen LogP contribution in [0.1, 0.15) is 44.6 Å². The van der Waals surface area contributed by atoms with Gasteiger partial charge in [0.1, 0.15) is 0 Å². The Morgan fingerprint density at radius 2 is 2.10 bits per heavy atom. The van der Waals surface area contributed by atoms with Crippen molar-refractivity contribution in [3.63, 3.8) is 0 Å². The van der Waals surface area contributed by atoms with Crippen LogP contribution < -0.4 is 5.73 Å². The minimum absolute atomic E-state index is 0.0199. The summed E-state index contributed by atoms with van der Waals surface area (Å²) in [7, 11) is 0. The molecule has 0 aromatic heterocycles. The first-order chi connectivity index (χ1) is 9.56. The van der Waals surface area contributed by atoms with Crippen LogP contribution in [0.25, 0.3) is 0 Å². The highest BCUT2D eigenvalue weighted by Crippen LogP contribution is 2.38. The first-order valence-corrected chi connectivity index (χ1v) is 8.14. The molecular formula is C15H22N2O2S. The monoisotopic (exact) mass is 294 g/mol. The molecule has 0 saturated heterocycles. The fourth-order valence-electron chi connectivity index (χ4n) is 2.67. The van der Waals surface area contributed by atoms with Crippen molar-refractivity contribution in [1.82, 2.24) is 0 Å². The van der Waals surface area contributed by atoms with E-state index in [0.717, 1.165) is 10.5 Å². The second-order valence-electron chi connectivity index (χ2n) is 5.62. The number of rotatable bonds is 5. The molecule has 1 aliphatic rings. The normalized spacial score (nSPS) is 17.9. The van der Waals surface area contributed by atoms with Crippen molar-refractivity contribution in [3.8, 4) is 0 Å². The summed E-state index contributed by atoms with van der Waals surface area (Å²) in [5.41, 5.74) is 6.94. The highest BCUT2D eigenvalue weighted by Gasteiger charge is 2.21. The van der Waals surface area contributed by atoms with Gasteiger partial charge in [0.15, 0.2) is 0 Å². The van der Waals surface area contributed by atoms with E-state index in [1.807, 2.05) is 19.1 Å². The SMILES string of the molecule is CC(N)Cc1ccc(SC2CCCCC2)c([N+](=O)[O-])c1. The topological polar surface area (TPSA) is 69.2 Å². The molecule has 2 N–H and O–H groups in total. The van der Waals surface area contributed by atoms with Gasteiger partial charge in [-0.1, -0.05) is 25.3 Å². The van der Waals surface area contributed by atoms with E-state index in [0.29, 0.717) is 11.7 Å². The highest BCUT2D eigenvalue weighted by molar-refractivity contribution is 8.00. The van der Waals surface area contributed by atoms with Crippen LogP contribution in [0.5, 0.6) is 0 Å². The van der Waals surface area contributed by atoms with Gasteiger partial charge in [0, 0.05) is 17.4 Å². The predicted octanol–water partition coefficient (Wildman–Crippen LogP) is 3.91. The lowest BCUT2D eigenvalue weighted by Crippen LogP contribution is -2.17. The number of hydrogen-bond donors (Lipinski definition) is 1. The molecule has 1 aliphatic carbocycles. The van der Waals surface area contributed by atoms with Crippen molar-refractivity contribution < 1.29 is 4.92 Å². The molecule has 1 saturated carbocycles. The second kappa shape index (κ2) is 7.09. The summed E-state index contributed by atoms with van der Waals surface area (Å²) in [5.74, 6) is 0. The Bertz CT molecular complexity index is 471. The zero-order valence-electron chi connectivity index (χ0n) is 11.9. The largest absolute Gasteiger partial charge is 0.328 e. The van der Waals surface area contributed by atoms with Crippen LogP contribution in [-0.4, -0.2) is 16.2 Å². The van der Waals surface area contributed by atoms with E-state index in [9.17, 15) is 10.1 Å². The number of benzene rings is 1. The van der Waals surface area contributed by atoms with Crippen molar-refractivity contribution >= 4 is 17.4 Å². The van der Waals surface area contributed by atoms with Crippen LogP contribution >= 0.6 is 11.8 Å². The zero-order valence-corrected chi connectivity index (χ0v) is 12.7. The van der Waals surface area contributed by atoms with Gasteiger partial charge in [0.2, 0.25) is 0 Å². The Kier molecular flexibility index (Phi) is 5.43. The van der Waals surface area contributed by atoms with Crippen LogP contribution in [0.4, 0.5) is 5.69 Å². The summed E-state index contributed by atoms with van der Waals surface area (Å²) in [5, 5.41) is 11.8. The van der Waals surface area contributed by atoms with Gasteiger partial charge in [-0.15, -0.1) is 11.8 Å². The molecular weight excluding hydrogens is 272 g/mol. The number of hydrogen-bond acceptors (Lipinski definition) is 4. The molecule has 1 aromatic carbocycles. The summed E-state index contributed by atoms with van der Waals surface area (Å²) in [6.45, 7) is 1.91. The Morgan fingerprint density at radius 1 is 1.40 bits per heavy atom. The minimum Gasteiger partial charge on any atom is -0.328 e. The fraction of sp³-hybridized carbons (Fsp3) is 0.600. The van der Waals surface area contributed by atoms with Gasteiger partial charge in [-0.2, -0.15) is 0 Å². The number of nitrogens with two attached hydrogens (primary N) is 1. The van der Waals surface area contributed by atoms with Crippen LogP contribution in [-0.2, 0) is 6.42 Å². The zero-order chi connectivity index (χ0) is 14.5. The van der Waals surface area contributed by atoms with E-state index in [2.05, 4.69) is 0 Å². The summed E-state index contributed by atoms with van der Waals surface area (Å²) >= 11 is 1.67. The van der Waals surface area contributed by atoms with E-state index in [1.54, 1.807) is 17.8 Å². The van der Waals surface area contributed by atoms with Crippen LogP contribution in [0, 0.1) is 10.1 Å². The van der Waals surface area contributed by atoms with Crippen molar-refractivity contribution in [2.75, 3.05) is 0 Å². The Hall–Kier alpha value is -1.07. The van der Waals surface area contributed by atoms with Gasteiger partial charge in [0.25, 0.3) is 5.69 Å². The van der Waals surface area contributed by atoms with Crippen LogP contribution in [0.3, 0.4) is 0 Å². The lowest BCUT2D eigenvalue weighted by molar-refractivity contribution is -0.387. The third kappa shape index (κ3) is 4.21. The minimum atomic E-state index is -0.268. The summed E-state index contributed by atoms with van der Waals surface area (Å²) in [4.78, 5) is 11.8. The first kappa shape index (κ1) is 15.3. The number of nitro groups is 1. The van der Waals surface area contributed by atoms with E-state index < -0.39 is 0 Å². The molecule has 0 amide bonds. The first-order valence-electron chi connectivity index (χ1n) is 7.26. The molecule has 1 aromatic rings. The highest BCUT2D eigenvalue weighted by atomic mass is 32.2. The number of nitrogens with zero attached hydrogens (tertiary/aromatic N) is 1. The quantitative estimate of drug-likeness (QED) is 0.660. The van der Waals surface area contributed by atoms with E-state index >= 15 is 0 Å². The fourth-order valence-corrected chi connectivity index (χ4v) is 4.00. The summed E-state index contributed by atoms with van der Waals surface area (Å²) < 4.78 is 0. The molecule has 4 nitrogen and oxygen atoms in total. The second-order valence-corrected chi connectivity index (χ2v) is 6.96. The standard InChI is InChI=1S/C15H22N2O2S/c1-11(16)9-12-7-8-15(14(10-12)17(18)19)20-13-5-3-2-4-6-13/h7-8,10-11,13H,2-6,9,16H2,1H3. The maximum Gasteiger partial charge on any atom is 0.283 e. The van der Waals surface area contributed by atoms with E-state index in [1.165, 1.54) is 32.1 Å². The average Bonchev–Trinajstić information content (AvgIpc) is 2.41. The Morgan fingerprint density at radius 3 is 2.70 bits per heavy atom. The molecule has 0 radical (unpaired) electrons. The number of nitro benzene ring substituents is 1. The molecule has 1 fully saturated rings. The molecule has 2 rings (SSSR count). The summed E-state index contributed by atoms with van der Waals surface area (Å²) in [6.07, 6.45) is 6.80. The van der Waals surface area contributed by atoms with Gasteiger partial charge in [-0.25, -0.2) is 0 Å². The predicted molar refractivity (Wildman–Crippen MR) is 83.2 cm³/mol. The van der Waals surface area contributed by atoms with Crippen LogP contribution in [0.2, 0.25) is 0 Å². The summed E-state index contributed by atoms with van der Waals surface area (Å²) in [6, 6.07) is 5.58. The lowest BCUT2D eigenvalue weighted by atomic mass is 10.0. The average molecular weight is 294 g/mol.